The quantitative estimate of drug-likeness (QED) is 0.0433. The lowest BCUT2D eigenvalue weighted by Crippen LogP contribution is -2.74. The minimum absolute atomic E-state index is 0.246. The summed E-state index contributed by atoms with van der Waals surface area (Å²) in [4.78, 5) is 4.89. The van der Waals surface area contributed by atoms with Crippen LogP contribution in [0.5, 0.6) is 0 Å². The molecule has 0 fully saturated rings. The zero-order valence-electron chi connectivity index (χ0n) is 69.8. The second-order valence-corrected chi connectivity index (χ2v) is 41.6. The molecule has 2 aromatic heterocycles. The van der Waals surface area contributed by atoms with Gasteiger partial charge in [0.05, 0.1) is 0 Å². The normalized spacial score (nSPS) is 12.7. The van der Waals surface area contributed by atoms with E-state index >= 15 is 0 Å². The van der Waals surface area contributed by atoms with Crippen molar-refractivity contribution in [2.75, 3.05) is 9.80 Å². The van der Waals surface area contributed by atoms with Gasteiger partial charge in [0, 0.05) is 67.8 Å². The first-order valence-corrected chi connectivity index (χ1v) is 47.6. The number of fused-ring (bicyclic) bond motifs is 6. The summed E-state index contributed by atoms with van der Waals surface area (Å²) in [6.45, 7) is 9.42. The van der Waals surface area contributed by atoms with Crippen LogP contribution >= 0.6 is 0 Å². The van der Waals surface area contributed by atoms with Gasteiger partial charge >= 0.3 is 0 Å². The van der Waals surface area contributed by atoms with Crippen molar-refractivity contribution in [1.82, 2.24) is 0 Å². The molecule has 19 aromatic carbocycles. The van der Waals surface area contributed by atoms with Gasteiger partial charge in [-0.1, -0.05) is 361 Å². The van der Waals surface area contributed by atoms with Crippen LogP contribution in [0.1, 0.15) is 69.1 Å². The maximum atomic E-state index is 6.72. The summed E-state index contributed by atoms with van der Waals surface area (Å²) in [6, 6.07) is 159. The second kappa shape index (κ2) is 31.4. The van der Waals surface area contributed by atoms with E-state index in [0.29, 0.717) is 0 Å². The fourth-order valence-electron chi connectivity index (χ4n) is 20.6. The maximum Gasteiger partial charge on any atom is 0.179 e. The molecule has 0 aliphatic heterocycles. The van der Waals surface area contributed by atoms with Gasteiger partial charge in [-0.3, -0.25) is 0 Å². The van der Waals surface area contributed by atoms with Gasteiger partial charge in [0.15, 0.2) is 16.1 Å². The highest BCUT2D eigenvalue weighted by molar-refractivity contribution is 7.20. The Balaban J connectivity index is 0.650. The monoisotopic (exact) mass is 1620 g/mol. The Morgan fingerprint density at radius 1 is 0.242 bits per heavy atom. The molecular weight excluding hydrogens is 1530 g/mol. The predicted molar refractivity (Wildman–Crippen MR) is 531 cm³/mol. The lowest BCUT2D eigenvalue weighted by Gasteiger charge is -2.35. The third-order valence-corrected chi connectivity index (χ3v) is 35.8. The number of allylic oxidation sites excluding steroid dienone is 4. The fraction of sp³-hybridized carbons (Fsp3) is 0.0678. The summed E-state index contributed by atoms with van der Waals surface area (Å²) in [6.07, 6.45) is 6.64. The highest BCUT2D eigenvalue weighted by Crippen LogP contribution is 2.50. The molecule has 592 valence electrons. The average molecular weight is 1620 g/mol. The van der Waals surface area contributed by atoms with Crippen molar-refractivity contribution in [3.05, 3.63) is 459 Å². The molecule has 0 saturated carbocycles. The van der Waals surface area contributed by atoms with Gasteiger partial charge in [-0.15, -0.1) is 0 Å². The minimum Gasteiger partial charge on any atom is -0.456 e. The summed E-state index contributed by atoms with van der Waals surface area (Å²) >= 11 is 0. The molecule has 0 saturated heterocycles. The number of benzene rings is 19. The van der Waals surface area contributed by atoms with E-state index in [1.807, 2.05) is 0 Å². The average Bonchev–Trinajstić information content (AvgIpc) is 0.938. The first-order valence-electron chi connectivity index (χ1n) is 43.6. The molecule has 2 heterocycles. The van der Waals surface area contributed by atoms with Crippen LogP contribution in [0.2, 0.25) is 0 Å². The summed E-state index contributed by atoms with van der Waals surface area (Å²) in [5.74, 6) is 0.496. The number of furan rings is 2. The molecule has 22 rings (SSSR count). The van der Waals surface area contributed by atoms with Gasteiger partial charge in [0.1, 0.15) is 22.3 Å². The van der Waals surface area contributed by atoms with Crippen LogP contribution < -0.4 is 51.3 Å². The van der Waals surface area contributed by atoms with Gasteiger partial charge < -0.3 is 18.6 Å². The van der Waals surface area contributed by atoms with Crippen LogP contribution in [0, 0.1) is 0 Å². The van der Waals surface area contributed by atoms with Gasteiger partial charge in [0.2, 0.25) is 0 Å². The van der Waals surface area contributed by atoms with Crippen LogP contribution in [0.4, 0.5) is 28.4 Å². The molecule has 0 spiro atoms. The number of hydrogen-bond acceptors (Lipinski definition) is 4. The molecule has 1 aliphatic carbocycles. The molecule has 124 heavy (non-hydrogen) atoms. The minimum atomic E-state index is -2.84. The fourth-order valence-corrected chi connectivity index (χ4v) is 30.2. The lowest BCUT2D eigenvalue weighted by atomic mass is 9.81. The Morgan fingerprint density at radius 3 is 1.01 bits per heavy atom. The maximum absolute atomic E-state index is 6.72. The van der Waals surface area contributed by atoms with E-state index in [1.54, 1.807) is 0 Å². The molecular formula is C118H90N2O2Si2. The molecule has 0 unspecified atom stereocenters. The standard InChI is InChI=1S/C118H90N2O2Si2/c1-79(2)109-77-111(81-55-59-87(60-56-81)119(91-63-65-103-101-51-23-25-53-113(101)121-115(103)75-91)89-35-27-31-83(71-89)85-33-29-49-99(73-85)123(93-37-11-5-12-38-93,94-39-13-6-14-40-94)95-41-15-7-16-42-95)107-70-68-106-110(80(3)4)78-112(108-69-67-105(109)117(107)118(106)108)82-57-61-88(62-58-82)120(92-64-66-104-102-52-24-26-54-114(102)122-116(104)76-92)90-36-28-32-84(72-90)86-34-30-50-100(74-86)124(96-43-17-8-18-44-96,97-45-19-9-20-46-97)98-47-21-10-22-48-98/h5-27,29-35,37-80H,28,36H2,1-4H3. The van der Waals surface area contributed by atoms with Crippen molar-refractivity contribution in [3.63, 3.8) is 0 Å². The highest BCUT2D eigenvalue weighted by Gasteiger charge is 2.43. The molecule has 0 amide bonds. The van der Waals surface area contributed by atoms with E-state index in [9.17, 15) is 0 Å². The van der Waals surface area contributed by atoms with Crippen molar-refractivity contribution < 1.29 is 8.83 Å². The van der Waals surface area contributed by atoms with Crippen molar-refractivity contribution in [3.8, 4) is 33.4 Å². The van der Waals surface area contributed by atoms with Crippen molar-refractivity contribution in [1.29, 1.82) is 0 Å². The van der Waals surface area contributed by atoms with Crippen molar-refractivity contribution in [2.45, 2.75) is 52.4 Å². The summed E-state index contributed by atoms with van der Waals surface area (Å²) in [5.41, 5.74) is 22.1. The summed E-state index contributed by atoms with van der Waals surface area (Å²) < 4.78 is 13.4. The van der Waals surface area contributed by atoms with Crippen LogP contribution in [-0.4, -0.2) is 16.1 Å². The Morgan fingerprint density at radius 2 is 0.573 bits per heavy atom. The van der Waals surface area contributed by atoms with E-state index in [2.05, 4.69) is 474 Å². The Kier molecular flexibility index (Phi) is 19.1. The van der Waals surface area contributed by atoms with Gasteiger partial charge in [0.25, 0.3) is 0 Å². The van der Waals surface area contributed by atoms with E-state index < -0.39 is 16.1 Å². The highest BCUT2D eigenvalue weighted by atomic mass is 28.3. The smallest absolute Gasteiger partial charge is 0.179 e. The van der Waals surface area contributed by atoms with Gasteiger partial charge in [-0.25, -0.2) is 0 Å². The number of para-hydroxylation sites is 2. The number of nitrogens with zero attached hydrogens (tertiary/aromatic N) is 2. The SMILES string of the molecule is CC(C)c1cc(-c2ccc(N(C3=CC(c4cccc([Si](c5ccccc5)(c5ccccc5)c5ccccc5)c4)=CCC3)c3ccc4c(c3)oc3ccccc34)cc2)c2ccc3c(C(C)C)cc(-c4ccc(N(c5cccc(-c6cccc([Si](c7ccccc7)(c7ccccc7)c7ccccc7)c6)c5)c5ccc6c(c5)oc5ccccc56)cc4)c4ccc1c2c43. The molecule has 0 bridgehead atoms. The molecule has 0 radical (unpaired) electrons. The van der Waals surface area contributed by atoms with Gasteiger partial charge in [-0.2, -0.15) is 0 Å². The lowest BCUT2D eigenvalue weighted by molar-refractivity contribution is 0.668. The zero-order valence-corrected chi connectivity index (χ0v) is 71.8. The third-order valence-electron chi connectivity index (χ3n) is 26.3. The van der Waals surface area contributed by atoms with Crippen LogP contribution in [0.25, 0.3) is 115 Å². The third kappa shape index (κ3) is 12.8. The number of rotatable bonds is 20. The largest absolute Gasteiger partial charge is 0.456 e. The van der Waals surface area contributed by atoms with Crippen LogP contribution in [0.3, 0.4) is 0 Å². The zero-order chi connectivity index (χ0) is 83.0. The molecule has 1 aliphatic rings. The van der Waals surface area contributed by atoms with E-state index in [4.69, 9.17) is 8.83 Å². The van der Waals surface area contributed by atoms with E-state index in [1.165, 1.54) is 118 Å². The van der Waals surface area contributed by atoms with Crippen LogP contribution in [-0.2, 0) is 0 Å². The number of anilines is 5. The van der Waals surface area contributed by atoms with Crippen LogP contribution in [0.15, 0.2) is 451 Å². The van der Waals surface area contributed by atoms with E-state index in [-0.39, 0.29) is 11.8 Å². The van der Waals surface area contributed by atoms with Crippen molar-refractivity contribution in [2.24, 2.45) is 0 Å². The molecule has 4 nitrogen and oxygen atoms in total. The Hall–Kier alpha value is -14.7. The topological polar surface area (TPSA) is 32.8 Å². The second-order valence-electron chi connectivity index (χ2n) is 34.0. The Labute approximate surface area is 726 Å². The first-order chi connectivity index (χ1) is 61.1. The Bertz CT molecular complexity index is 7450. The number of hydrogen-bond donors (Lipinski definition) is 0. The summed E-state index contributed by atoms with van der Waals surface area (Å²) in [7, 11) is -5.65. The molecule has 6 heteroatoms. The molecule has 0 N–H and O–H groups in total. The van der Waals surface area contributed by atoms with E-state index in [0.717, 1.165) is 102 Å². The van der Waals surface area contributed by atoms with Gasteiger partial charge in [-0.05, 0) is 245 Å². The summed E-state index contributed by atoms with van der Waals surface area (Å²) in [5, 5.41) is 23.0. The predicted octanol–water partition coefficient (Wildman–Crippen LogP) is 26.8. The molecule has 0 atom stereocenters. The molecule has 21 aromatic rings. The van der Waals surface area contributed by atoms with Crippen molar-refractivity contribution >= 4 is 168 Å². The first kappa shape index (κ1) is 75.5.